The molecule has 0 saturated heterocycles. The van der Waals surface area contributed by atoms with Gasteiger partial charge < -0.3 is 18.9 Å². The number of carbonyl (C=O) groups excluding carboxylic acids is 2. The Morgan fingerprint density at radius 2 is 2.10 bits per heavy atom. The highest BCUT2D eigenvalue weighted by atomic mass is 16.8. The smallest absolute Gasteiger partial charge is 0.305 e. The van der Waals surface area contributed by atoms with E-state index in [0.717, 1.165) is 12.8 Å². The maximum atomic E-state index is 11.2. The monoisotopic (exact) mass is 286 g/mol. The molecule has 114 valence electrons. The third-order valence-corrected chi connectivity index (χ3v) is 2.66. The normalized spacial score (nSPS) is 25.2. The summed E-state index contributed by atoms with van der Waals surface area (Å²) in [4.78, 5) is 22.2. The third-order valence-electron chi connectivity index (χ3n) is 2.66. The highest BCUT2D eigenvalue weighted by Crippen LogP contribution is 2.27. The summed E-state index contributed by atoms with van der Waals surface area (Å²) >= 11 is 0. The van der Waals surface area contributed by atoms with Crippen LogP contribution in [0.15, 0.2) is 12.2 Å². The van der Waals surface area contributed by atoms with E-state index in [2.05, 4.69) is 6.92 Å². The maximum Gasteiger partial charge on any atom is 0.305 e. The van der Waals surface area contributed by atoms with E-state index in [9.17, 15) is 9.59 Å². The summed E-state index contributed by atoms with van der Waals surface area (Å²) in [6.07, 6.45) is 5.19. The third kappa shape index (κ3) is 5.71. The standard InChI is InChI=1S/C14H22O6/c1-4-5-9-17-13-7-6-8-14(20-13,19-12(3)16)10-18-11(2)15/h6-7,13H,4-5,8-10H2,1-3H3/t13-,14-/m0/s1. The Bertz CT molecular complexity index is 365. The van der Waals surface area contributed by atoms with Crippen LogP contribution in [0.5, 0.6) is 0 Å². The highest BCUT2D eigenvalue weighted by molar-refractivity contribution is 5.67. The molecule has 0 fully saturated rings. The molecule has 1 rings (SSSR count). The molecule has 0 amide bonds. The maximum absolute atomic E-state index is 11.2. The van der Waals surface area contributed by atoms with Crippen LogP contribution < -0.4 is 0 Å². The highest BCUT2D eigenvalue weighted by Gasteiger charge is 2.40. The Kier molecular flexibility index (Phi) is 6.67. The first-order valence-electron chi connectivity index (χ1n) is 6.76. The second kappa shape index (κ2) is 8.01. The van der Waals surface area contributed by atoms with Gasteiger partial charge in [0.1, 0.15) is 0 Å². The molecule has 1 heterocycles. The Hall–Kier alpha value is -1.40. The Morgan fingerprint density at radius 3 is 2.70 bits per heavy atom. The average Bonchev–Trinajstić information content (AvgIpc) is 2.36. The van der Waals surface area contributed by atoms with Crippen molar-refractivity contribution in [2.24, 2.45) is 0 Å². The van der Waals surface area contributed by atoms with Crippen LogP contribution in [0.25, 0.3) is 0 Å². The molecule has 6 nitrogen and oxygen atoms in total. The van der Waals surface area contributed by atoms with Crippen molar-refractivity contribution in [3.05, 3.63) is 12.2 Å². The topological polar surface area (TPSA) is 71.1 Å². The molecule has 6 heteroatoms. The average molecular weight is 286 g/mol. The zero-order chi connectivity index (χ0) is 15.0. The first kappa shape index (κ1) is 16.7. The van der Waals surface area contributed by atoms with Gasteiger partial charge in [0, 0.05) is 20.3 Å². The molecule has 1 aliphatic rings. The van der Waals surface area contributed by atoms with Gasteiger partial charge in [-0.3, -0.25) is 9.59 Å². The quantitative estimate of drug-likeness (QED) is 0.404. The molecule has 0 unspecified atom stereocenters. The van der Waals surface area contributed by atoms with E-state index in [1.54, 1.807) is 12.2 Å². The SMILES string of the molecule is CCCCO[C@@H]1C=CC[C@](COC(C)=O)(OC(C)=O)O1. The van der Waals surface area contributed by atoms with E-state index in [4.69, 9.17) is 18.9 Å². The van der Waals surface area contributed by atoms with Crippen molar-refractivity contribution in [3.63, 3.8) is 0 Å². The van der Waals surface area contributed by atoms with E-state index in [1.165, 1.54) is 13.8 Å². The van der Waals surface area contributed by atoms with Gasteiger partial charge in [-0.2, -0.15) is 0 Å². The molecule has 0 radical (unpaired) electrons. The summed E-state index contributed by atoms with van der Waals surface area (Å²) in [5.41, 5.74) is 0. The van der Waals surface area contributed by atoms with Gasteiger partial charge in [-0.1, -0.05) is 19.4 Å². The summed E-state index contributed by atoms with van der Waals surface area (Å²) in [6.45, 7) is 5.03. The van der Waals surface area contributed by atoms with Crippen LogP contribution in [0.1, 0.15) is 40.0 Å². The van der Waals surface area contributed by atoms with E-state index < -0.39 is 24.0 Å². The second-order valence-corrected chi connectivity index (χ2v) is 4.63. The lowest BCUT2D eigenvalue weighted by atomic mass is 10.1. The van der Waals surface area contributed by atoms with Crippen molar-refractivity contribution in [2.45, 2.75) is 52.1 Å². The predicted octanol–water partition coefficient (Wildman–Crippen LogP) is 1.93. The van der Waals surface area contributed by atoms with Gasteiger partial charge in [0.05, 0.1) is 6.61 Å². The van der Waals surface area contributed by atoms with Crippen molar-refractivity contribution < 1.29 is 28.5 Å². The number of ether oxygens (including phenoxy) is 4. The van der Waals surface area contributed by atoms with Gasteiger partial charge in [-0.15, -0.1) is 0 Å². The molecule has 0 aromatic heterocycles. The number of hydrogen-bond donors (Lipinski definition) is 0. The molecule has 0 saturated carbocycles. The van der Waals surface area contributed by atoms with E-state index in [1.807, 2.05) is 0 Å². The lowest BCUT2D eigenvalue weighted by molar-refractivity contribution is -0.300. The fourth-order valence-electron chi connectivity index (χ4n) is 1.75. The minimum atomic E-state index is -1.30. The Labute approximate surface area is 119 Å². The minimum Gasteiger partial charge on any atom is -0.459 e. The van der Waals surface area contributed by atoms with Crippen molar-refractivity contribution in [1.29, 1.82) is 0 Å². The first-order chi connectivity index (χ1) is 9.47. The van der Waals surface area contributed by atoms with Gasteiger partial charge in [0.25, 0.3) is 5.79 Å². The molecule has 0 spiro atoms. The van der Waals surface area contributed by atoms with Crippen LogP contribution in [0.4, 0.5) is 0 Å². The van der Waals surface area contributed by atoms with Crippen LogP contribution in [0.2, 0.25) is 0 Å². The zero-order valence-corrected chi connectivity index (χ0v) is 12.2. The summed E-state index contributed by atoms with van der Waals surface area (Å²) in [5.74, 6) is -2.26. The van der Waals surface area contributed by atoms with Crippen molar-refractivity contribution in [1.82, 2.24) is 0 Å². The molecule has 1 aliphatic heterocycles. The lowest BCUT2D eigenvalue weighted by Gasteiger charge is -2.36. The van der Waals surface area contributed by atoms with Crippen LogP contribution in [0.3, 0.4) is 0 Å². The molecule has 0 aromatic carbocycles. The lowest BCUT2D eigenvalue weighted by Crippen LogP contribution is -2.47. The molecule has 0 aromatic rings. The van der Waals surface area contributed by atoms with Gasteiger partial charge in [0.15, 0.2) is 12.9 Å². The summed E-state index contributed by atoms with van der Waals surface area (Å²) in [5, 5.41) is 0. The van der Waals surface area contributed by atoms with Crippen LogP contribution in [-0.4, -0.2) is 37.2 Å². The van der Waals surface area contributed by atoms with E-state index >= 15 is 0 Å². The second-order valence-electron chi connectivity index (χ2n) is 4.63. The van der Waals surface area contributed by atoms with Gasteiger partial charge in [-0.05, 0) is 12.5 Å². The zero-order valence-electron chi connectivity index (χ0n) is 12.2. The Morgan fingerprint density at radius 1 is 1.35 bits per heavy atom. The van der Waals surface area contributed by atoms with Crippen LogP contribution >= 0.6 is 0 Å². The van der Waals surface area contributed by atoms with Gasteiger partial charge in [0.2, 0.25) is 0 Å². The molecule has 2 atom stereocenters. The fraction of sp³-hybridized carbons (Fsp3) is 0.714. The largest absolute Gasteiger partial charge is 0.459 e. The van der Waals surface area contributed by atoms with Crippen molar-refractivity contribution in [3.8, 4) is 0 Å². The molecule has 0 bridgehead atoms. The molecular weight excluding hydrogens is 264 g/mol. The van der Waals surface area contributed by atoms with Crippen LogP contribution in [0, 0.1) is 0 Å². The number of unbranched alkanes of at least 4 members (excludes halogenated alkanes) is 1. The number of rotatable bonds is 7. The van der Waals surface area contributed by atoms with Crippen molar-refractivity contribution >= 4 is 11.9 Å². The van der Waals surface area contributed by atoms with Crippen molar-refractivity contribution in [2.75, 3.05) is 13.2 Å². The van der Waals surface area contributed by atoms with Gasteiger partial charge >= 0.3 is 11.9 Å². The first-order valence-corrected chi connectivity index (χ1v) is 6.76. The summed E-state index contributed by atoms with van der Waals surface area (Å²) in [7, 11) is 0. The number of esters is 2. The molecule has 0 aliphatic carbocycles. The minimum absolute atomic E-state index is 0.153. The van der Waals surface area contributed by atoms with Crippen LogP contribution in [-0.2, 0) is 28.5 Å². The summed E-state index contributed by atoms with van der Waals surface area (Å²) < 4.78 is 21.3. The fourth-order valence-corrected chi connectivity index (χ4v) is 1.75. The molecular formula is C14H22O6. The van der Waals surface area contributed by atoms with Gasteiger partial charge in [-0.25, -0.2) is 0 Å². The predicted molar refractivity (Wildman–Crippen MR) is 70.6 cm³/mol. The molecule has 20 heavy (non-hydrogen) atoms. The summed E-state index contributed by atoms with van der Waals surface area (Å²) in [6, 6.07) is 0. The van der Waals surface area contributed by atoms with E-state index in [0.29, 0.717) is 13.0 Å². The van der Waals surface area contributed by atoms with E-state index in [-0.39, 0.29) is 6.61 Å². The number of carbonyl (C=O) groups is 2. The number of hydrogen-bond acceptors (Lipinski definition) is 6. The molecule has 0 N–H and O–H groups in total. The Balaban J connectivity index is 2.65.